The molecule has 0 spiro atoms. The summed E-state index contributed by atoms with van der Waals surface area (Å²) >= 11 is 0. The van der Waals surface area contributed by atoms with E-state index >= 15 is 0 Å². The molecule has 0 aliphatic carbocycles. The Morgan fingerprint density at radius 2 is 2.26 bits per heavy atom. The van der Waals surface area contributed by atoms with Crippen LogP contribution >= 0.6 is 0 Å². The first kappa shape index (κ1) is 13.9. The van der Waals surface area contributed by atoms with Crippen LogP contribution in [0.3, 0.4) is 0 Å². The maximum absolute atomic E-state index is 13.4. The molecule has 2 rings (SSSR count). The lowest BCUT2D eigenvalue weighted by molar-refractivity contribution is 0.0946. The lowest BCUT2D eigenvalue weighted by Crippen LogP contribution is -2.33. The number of carbonyl (C=O) groups excluding carboxylic acids is 1. The molecule has 1 unspecified atom stereocenters. The largest absolute Gasteiger partial charge is 0.352 e. The topological polar surface area (TPSA) is 41.1 Å². The molecule has 2 N–H and O–H groups in total. The van der Waals surface area contributed by atoms with Crippen molar-refractivity contribution in [3.05, 3.63) is 35.4 Å². The number of amides is 1. The number of hydrogen-bond acceptors (Lipinski definition) is 2. The van der Waals surface area contributed by atoms with Gasteiger partial charge in [0.2, 0.25) is 0 Å². The monoisotopic (exact) mass is 268 g/mol. The van der Waals surface area contributed by atoms with Crippen molar-refractivity contribution in [2.24, 2.45) is 5.92 Å². The molecule has 1 amide bonds. The predicted molar refractivity (Wildman–Crippen MR) is 68.9 cm³/mol. The molecule has 0 saturated carbocycles. The van der Waals surface area contributed by atoms with Crippen LogP contribution in [0.2, 0.25) is 0 Å². The third-order valence-corrected chi connectivity index (χ3v) is 3.41. The summed E-state index contributed by atoms with van der Waals surface area (Å²) in [6, 6.07) is 2.98. The van der Waals surface area contributed by atoms with E-state index in [1.54, 1.807) is 0 Å². The van der Waals surface area contributed by atoms with E-state index in [9.17, 15) is 13.6 Å². The third-order valence-electron chi connectivity index (χ3n) is 3.41. The number of benzene rings is 1. The molecule has 3 nitrogen and oxygen atoms in total. The molecule has 0 bridgehead atoms. The van der Waals surface area contributed by atoms with Gasteiger partial charge in [-0.15, -0.1) is 0 Å². The standard InChI is InChI=1S/C14H18F2N2O/c15-11-3-4-12(13(16)8-11)14(19)18-7-5-10-2-1-6-17-9-10/h3-4,8,10,17H,1-2,5-7,9H2,(H,18,19). The van der Waals surface area contributed by atoms with Crippen molar-refractivity contribution in [2.45, 2.75) is 19.3 Å². The van der Waals surface area contributed by atoms with Gasteiger partial charge in [0, 0.05) is 12.6 Å². The number of hydrogen-bond donors (Lipinski definition) is 2. The fraction of sp³-hybridized carbons (Fsp3) is 0.500. The van der Waals surface area contributed by atoms with E-state index < -0.39 is 17.5 Å². The van der Waals surface area contributed by atoms with E-state index in [4.69, 9.17) is 0 Å². The Balaban J connectivity index is 1.80. The molecule has 1 saturated heterocycles. The fourth-order valence-corrected chi connectivity index (χ4v) is 2.33. The van der Waals surface area contributed by atoms with Crippen LogP contribution in [0.4, 0.5) is 8.78 Å². The van der Waals surface area contributed by atoms with Crippen LogP contribution < -0.4 is 10.6 Å². The van der Waals surface area contributed by atoms with Gasteiger partial charge in [-0.3, -0.25) is 4.79 Å². The quantitative estimate of drug-likeness (QED) is 0.878. The van der Waals surface area contributed by atoms with E-state index in [1.165, 1.54) is 6.07 Å². The molecule has 1 aromatic carbocycles. The van der Waals surface area contributed by atoms with Crippen molar-refractivity contribution in [3.63, 3.8) is 0 Å². The molecule has 1 aromatic rings. The molecule has 19 heavy (non-hydrogen) atoms. The first-order chi connectivity index (χ1) is 9.16. The maximum atomic E-state index is 13.4. The summed E-state index contributed by atoms with van der Waals surface area (Å²) < 4.78 is 26.1. The maximum Gasteiger partial charge on any atom is 0.254 e. The Bertz CT molecular complexity index is 445. The highest BCUT2D eigenvalue weighted by molar-refractivity contribution is 5.94. The summed E-state index contributed by atoms with van der Waals surface area (Å²) in [6.07, 6.45) is 3.19. The van der Waals surface area contributed by atoms with Crippen molar-refractivity contribution in [3.8, 4) is 0 Å². The zero-order chi connectivity index (χ0) is 13.7. The minimum Gasteiger partial charge on any atom is -0.352 e. The molecule has 1 heterocycles. The number of carbonyl (C=O) groups is 1. The SMILES string of the molecule is O=C(NCCC1CCCNC1)c1ccc(F)cc1F. The highest BCUT2D eigenvalue weighted by Crippen LogP contribution is 2.13. The van der Waals surface area contributed by atoms with Crippen LogP contribution in [0, 0.1) is 17.6 Å². The van der Waals surface area contributed by atoms with Crippen LogP contribution in [-0.2, 0) is 0 Å². The van der Waals surface area contributed by atoms with E-state index in [0.29, 0.717) is 12.5 Å². The van der Waals surface area contributed by atoms with E-state index in [1.807, 2.05) is 0 Å². The second-order valence-corrected chi connectivity index (χ2v) is 4.88. The van der Waals surface area contributed by atoms with Crippen LogP contribution in [0.15, 0.2) is 18.2 Å². The van der Waals surface area contributed by atoms with Crippen molar-refractivity contribution >= 4 is 5.91 Å². The summed E-state index contributed by atoms with van der Waals surface area (Å²) in [5.41, 5.74) is -0.108. The lowest BCUT2D eigenvalue weighted by Gasteiger charge is -2.22. The van der Waals surface area contributed by atoms with Crippen LogP contribution in [0.5, 0.6) is 0 Å². The average molecular weight is 268 g/mol. The van der Waals surface area contributed by atoms with Gasteiger partial charge in [-0.2, -0.15) is 0 Å². The second kappa shape index (κ2) is 6.61. The van der Waals surface area contributed by atoms with Gasteiger partial charge in [0.15, 0.2) is 0 Å². The molecule has 1 atom stereocenters. The lowest BCUT2D eigenvalue weighted by atomic mass is 9.96. The Morgan fingerprint density at radius 3 is 2.95 bits per heavy atom. The zero-order valence-electron chi connectivity index (χ0n) is 10.7. The van der Waals surface area contributed by atoms with Gasteiger partial charge in [-0.25, -0.2) is 8.78 Å². The van der Waals surface area contributed by atoms with Gasteiger partial charge in [0.05, 0.1) is 5.56 Å². The Kier molecular flexibility index (Phi) is 4.85. The third kappa shape index (κ3) is 3.99. The zero-order valence-corrected chi connectivity index (χ0v) is 10.7. The summed E-state index contributed by atoms with van der Waals surface area (Å²) in [6.45, 7) is 2.55. The van der Waals surface area contributed by atoms with Gasteiger partial charge in [-0.05, 0) is 50.4 Å². The Morgan fingerprint density at radius 1 is 1.42 bits per heavy atom. The molecule has 5 heteroatoms. The summed E-state index contributed by atoms with van der Waals surface area (Å²) in [7, 11) is 0. The van der Waals surface area contributed by atoms with Crippen molar-refractivity contribution in [1.82, 2.24) is 10.6 Å². The predicted octanol–water partition coefficient (Wildman–Crippen LogP) is 2.08. The second-order valence-electron chi connectivity index (χ2n) is 4.88. The number of piperidine rings is 1. The Labute approximate surface area is 111 Å². The van der Waals surface area contributed by atoms with Crippen molar-refractivity contribution < 1.29 is 13.6 Å². The molecular weight excluding hydrogens is 250 g/mol. The van der Waals surface area contributed by atoms with Crippen molar-refractivity contribution in [2.75, 3.05) is 19.6 Å². The molecule has 1 fully saturated rings. The Hall–Kier alpha value is -1.49. The smallest absolute Gasteiger partial charge is 0.254 e. The van der Waals surface area contributed by atoms with Crippen LogP contribution in [0.1, 0.15) is 29.6 Å². The van der Waals surface area contributed by atoms with Crippen LogP contribution in [0.25, 0.3) is 0 Å². The fourth-order valence-electron chi connectivity index (χ4n) is 2.33. The first-order valence-electron chi connectivity index (χ1n) is 6.61. The summed E-state index contributed by atoms with van der Waals surface area (Å²) in [4.78, 5) is 11.7. The van der Waals surface area contributed by atoms with E-state index in [2.05, 4.69) is 10.6 Å². The molecule has 0 aromatic heterocycles. The van der Waals surface area contributed by atoms with Crippen LogP contribution in [-0.4, -0.2) is 25.5 Å². The molecule has 104 valence electrons. The van der Waals surface area contributed by atoms with E-state index in [-0.39, 0.29) is 5.56 Å². The number of rotatable bonds is 4. The van der Waals surface area contributed by atoms with E-state index in [0.717, 1.165) is 44.5 Å². The number of halogens is 2. The molecular formula is C14H18F2N2O. The minimum absolute atomic E-state index is 0.108. The van der Waals surface area contributed by atoms with Gasteiger partial charge in [-0.1, -0.05) is 0 Å². The summed E-state index contributed by atoms with van der Waals surface area (Å²) in [5.74, 6) is -1.42. The first-order valence-corrected chi connectivity index (χ1v) is 6.61. The highest BCUT2D eigenvalue weighted by atomic mass is 19.1. The molecule has 1 aliphatic rings. The van der Waals surface area contributed by atoms with Gasteiger partial charge >= 0.3 is 0 Å². The number of nitrogens with one attached hydrogen (secondary N) is 2. The van der Waals surface area contributed by atoms with Gasteiger partial charge in [0.25, 0.3) is 5.91 Å². The highest BCUT2D eigenvalue weighted by Gasteiger charge is 2.15. The van der Waals surface area contributed by atoms with Crippen molar-refractivity contribution in [1.29, 1.82) is 0 Å². The average Bonchev–Trinajstić information content (AvgIpc) is 2.39. The minimum atomic E-state index is -0.822. The summed E-state index contributed by atoms with van der Waals surface area (Å²) in [5, 5.41) is 5.98. The van der Waals surface area contributed by atoms with Gasteiger partial charge in [0.1, 0.15) is 11.6 Å². The van der Waals surface area contributed by atoms with Gasteiger partial charge < -0.3 is 10.6 Å². The molecule has 0 radical (unpaired) electrons. The normalized spacial score (nSPS) is 19.2. The molecule has 1 aliphatic heterocycles.